The predicted octanol–water partition coefficient (Wildman–Crippen LogP) is 3.45. The Labute approximate surface area is 191 Å². The molecule has 0 amide bonds. The minimum absolute atomic E-state index is 0.0980. The first-order valence-electron chi connectivity index (χ1n) is 10.2. The van der Waals surface area contributed by atoms with Crippen LogP contribution in [0.25, 0.3) is 22.2 Å². The molecule has 0 atom stereocenters. The van der Waals surface area contributed by atoms with Gasteiger partial charge in [-0.2, -0.15) is 4.98 Å². The lowest BCUT2D eigenvalue weighted by molar-refractivity contribution is 0.364. The zero-order valence-electron chi connectivity index (χ0n) is 18.8. The Kier molecular flexibility index (Phi) is 5.84. The summed E-state index contributed by atoms with van der Waals surface area (Å²) in [5.74, 6) is -0.525. The van der Waals surface area contributed by atoms with Gasteiger partial charge >= 0.3 is 0 Å². The lowest BCUT2D eigenvalue weighted by Gasteiger charge is -2.12. The Balaban J connectivity index is 1.98. The molecule has 4 rings (SSSR count). The summed E-state index contributed by atoms with van der Waals surface area (Å²) in [4.78, 5) is 16.7. The first kappa shape index (κ1) is 22.7. The van der Waals surface area contributed by atoms with Gasteiger partial charge in [0.2, 0.25) is 0 Å². The number of hydrogen-bond donors (Lipinski definition) is 0. The zero-order valence-corrected chi connectivity index (χ0v) is 19.6. The highest BCUT2D eigenvalue weighted by Crippen LogP contribution is 2.32. The van der Waals surface area contributed by atoms with Gasteiger partial charge in [-0.05, 0) is 59.5 Å². The molecule has 2 aromatic carbocycles. The second kappa shape index (κ2) is 8.47. The number of nitrogens with zero attached hydrogens (tertiary/aromatic N) is 3. The Bertz CT molecular complexity index is 1490. The molecule has 9 heteroatoms. The summed E-state index contributed by atoms with van der Waals surface area (Å²) in [6.45, 7) is 2.09. The highest BCUT2D eigenvalue weighted by molar-refractivity contribution is 7.89. The van der Waals surface area contributed by atoms with Crippen molar-refractivity contribution < 1.29 is 17.5 Å². The molecular weight excluding hydrogens is 445 g/mol. The van der Waals surface area contributed by atoms with Gasteiger partial charge in [0.05, 0.1) is 30.4 Å². The molecule has 0 aliphatic carbocycles. The van der Waals surface area contributed by atoms with Crippen LogP contribution >= 0.6 is 0 Å². The van der Waals surface area contributed by atoms with Crippen LogP contribution in [-0.2, 0) is 29.2 Å². The van der Waals surface area contributed by atoms with Crippen molar-refractivity contribution in [2.24, 2.45) is 7.05 Å². The van der Waals surface area contributed by atoms with Crippen LogP contribution in [0.15, 0.2) is 53.5 Å². The number of benzene rings is 2. The van der Waals surface area contributed by atoms with E-state index in [0.717, 1.165) is 16.7 Å². The number of hydrogen-bond acceptors (Lipinski definition) is 5. The van der Waals surface area contributed by atoms with Gasteiger partial charge in [0.25, 0.3) is 11.6 Å². The van der Waals surface area contributed by atoms with Crippen LogP contribution in [0.1, 0.15) is 16.7 Å². The molecule has 0 aliphatic rings. The Morgan fingerprint density at radius 3 is 2.39 bits per heavy atom. The van der Waals surface area contributed by atoms with Crippen LogP contribution in [0.5, 0.6) is 6.01 Å². The van der Waals surface area contributed by atoms with Crippen molar-refractivity contribution in [3.05, 3.63) is 81.5 Å². The number of methoxy groups -OCH3 is 1. The summed E-state index contributed by atoms with van der Waals surface area (Å²) < 4.78 is 46.6. The molecule has 0 aliphatic heterocycles. The van der Waals surface area contributed by atoms with Gasteiger partial charge < -0.3 is 9.30 Å². The minimum Gasteiger partial charge on any atom is -0.468 e. The molecule has 2 heterocycles. The zero-order chi connectivity index (χ0) is 23.9. The summed E-state index contributed by atoms with van der Waals surface area (Å²) in [5.41, 5.74) is 4.58. The van der Waals surface area contributed by atoms with E-state index < -0.39 is 9.84 Å². The second-order valence-corrected chi connectivity index (χ2v) is 10.4. The molecule has 4 aromatic rings. The molecule has 172 valence electrons. The summed E-state index contributed by atoms with van der Waals surface area (Å²) in [6, 6.07) is 11.9. The minimum atomic E-state index is -3.35. The van der Waals surface area contributed by atoms with E-state index in [1.54, 1.807) is 44.4 Å². The van der Waals surface area contributed by atoms with E-state index in [9.17, 15) is 17.6 Å². The molecule has 7 nitrogen and oxygen atoms in total. The number of aryl methyl sites for hydroxylation is 2. The van der Waals surface area contributed by atoms with Gasteiger partial charge in [0.1, 0.15) is 5.82 Å². The smallest absolute Gasteiger partial charge is 0.297 e. The van der Waals surface area contributed by atoms with Crippen molar-refractivity contribution in [3.8, 4) is 17.1 Å². The van der Waals surface area contributed by atoms with Gasteiger partial charge in [-0.25, -0.2) is 12.8 Å². The molecule has 0 spiro atoms. The number of sulfone groups is 1. The van der Waals surface area contributed by atoms with E-state index in [2.05, 4.69) is 4.98 Å². The van der Waals surface area contributed by atoms with E-state index in [4.69, 9.17) is 4.74 Å². The van der Waals surface area contributed by atoms with Crippen molar-refractivity contribution in [1.82, 2.24) is 14.1 Å². The SMILES string of the molecule is COc1nc2c(CS(C)(=O)=O)cc(-c3cc(C)c(=O)n(C)c3)cc2n1Cc1ccc(F)cc1. The molecule has 0 N–H and O–H groups in total. The van der Waals surface area contributed by atoms with Gasteiger partial charge in [-0.1, -0.05) is 12.1 Å². The van der Waals surface area contributed by atoms with Crippen LogP contribution in [0.3, 0.4) is 0 Å². The lowest BCUT2D eigenvalue weighted by Crippen LogP contribution is -2.18. The number of halogens is 1. The quantitative estimate of drug-likeness (QED) is 0.432. The van der Waals surface area contributed by atoms with Gasteiger partial charge in [-0.15, -0.1) is 0 Å². The normalized spacial score (nSPS) is 11.8. The third-order valence-electron chi connectivity index (χ3n) is 5.45. The van der Waals surface area contributed by atoms with Crippen molar-refractivity contribution in [2.45, 2.75) is 19.2 Å². The third kappa shape index (κ3) is 4.68. The van der Waals surface area contributed by atoms with Gasteiger partial charge in [-0.3, -0.25) is 9.36 Å². The van der Waals surface area contributed by atoms with E-state index in [-0.39, 0.29) is 17.1 Å². The first-order valence-corrected chi connectivity index (χ1v) is 12.3. The molecule has 0 saturated heterocycles. The van der Waals surface area contributed by atoms with Crippen molar-refractivity contribution in [1.29, 1.82) is 0 Å². The Hall–Kier alpha value is -3.46. The van der Waals surface area contributed by atoms with Crippen LogP contribution < -0.4 is 10.3 Å². The van der Waals surface area contributed by atoms with Gasteiger partial charge in [0.15, 0.2) is 9.84 Å². The predicted molar refractivity (Wildman–Crippen MR) is 126 cm³/mol. The molecule has 2 aromatic heterocycles. The van der Waals surface area contributed by atoms with Crippen molar-refractivity contribution in [3.63, 3.8) is 0 Å². The number of imidazole rings is 1. The summed E-state index contributed by atoms with van der Waals surface area (Å²) in [6.07, 6.45) is 2.90. The molecule has 0 saturated carbocycles. The summed E-state index contributed by atoms with van der Waals surface area (Å²) >= 11 is 0. The molecular formula is C24H24FN3O4S. The van der Waals surface area contributed by atoms with Crippen LogP contribution in [0.2, 0.25) is 0 Å². The molecule has 33 heavy (non-hydrogen) atoms. The second-order valence-electron chi connectivity index (χ2n) is 8.21. The summed E-state index contributed by atoms with van der Waals surface area (Å²) in [5, 5.41) is 0. The van der Waals surface area contributed by atoms with E-state index in [0.29, 0.717) is 34.7 Å². The highest BCUT2D eigenvalue weighted by Gasteiger charge is 2.19. The average molecular weight is 470 g/mol. The van der Waals surface area contributed by atoms with Crippen molar-refractivity contribution in [2.75, 3.05) is 13.4 Å². The Morgan fingerprint density at radius 1 is 1.09 bits per heavy atom. The standard InChI is InChI=1S/C24H24FN3O4S/c1-15-9-18(13-27(2)23(15)29)17-10-19(14-33(4,30)31)22-21(11-17)28(24(26-22)32-3)12-16-5-7-20(25)8-6-16/h5-11,13H,12,14H2,1-4H3. The fourth-order valence-electron chi connectivity index (χ4n) is 3.95. The number of pyridine rings is 1. The maximum atomic E-state index is 13.4. The fourth-order valence-corrected chi connectivity index (χ4v) is 4.73. The monoisotopic (exact) mass is 469 g/mol. The highest BCUT2D eigenvalue weighted by atomic mass is 32.2. The molecule has 0 fully saturated rings. The number of ether oxygens (including phenoxy) is 1. The largest absolute Gasteiger partial charge is 0.468 e. The Morgan fingerprint density at radius 2 is 1.79 bits per heavy atom. The first-order chi connectivity index (χ1) is 15.6. The van der Waals surface area contributed by atoms with E-state index in [1.165, 1.54) is 30.1 Å². The summed E-state index contributed by atoms with van der Waals surface area (Å²) in [7, 11) is -0.178. The maximum absolute atomic E-state index is 13.4. The number of fused-ring (bicyclic) bond motifs is 1. The fraction of sp³-hybridized carbons (Fsp3) is 0.250. The lowest BCUT2D eigenvalue weighted by atomic mass is 10.0. The van der Waals surface area contributed by atoms with E-state index >= 15 is 0 Å². The molecule has 0 unspecified atom stereocenters. The maximum Gasteiger partial charge on any atom is 0.297 e. The molecule has 0 radical (unpaired) electrons. The number of rotatable bonds is 6. The van der Waals surface area contributed by atoms with Crippen molar-refractivity contribution >= 4 is 20.9 Å². The third-order valence-corrected chi connectivity index (χ3v) is 6.28. The van der Waals surface area contributed by atoms with Crippen LogP contribution in [-0.4, -0.2) is 35.9 Å². The van der Waals surface area contributed by atoms with Crippen LogP contribution in [0.4, 0.5) is 4.39 Å². The number of aromatic nitrogens is 3. The van der Waals surface area contributed by atoms with Gasteiger partial charge in [0, 0.05) is 25.1 Å². The topological polar surface area (TPSA) is 83.2 Å². The van der Waals surface area contributed by atoms with E-state index in [1.807, 2.05) is 10.6 Å². The molecule has 0 bridgehead atoms. The van der Waals surface area contributed by atoms with Crippen LogP contribution in [0, 0.1) is 12.7 Å². The average Bonchev–Trinajstić information content (AvgIpc) is 3.10.